The Bertz CT molecular complexity index is 832. The van der Waals surface area contributed by atoms with Crippen LogP contribution in [0.1, 0.15) is 41.8 Å². The minimum absolute atomic E-state index is 0.00160. The second-order valence-electron chi connectivity index (χ2n) is 7.26. The number of carbonyl (C=O) groups excluding carboxylic acids is 2. The lowest BCUT2D eigenvalue weighted by Crippen LogP contribution is -2.48. The third-order valence-corrected chi connectivity index (χ3v) is 6.50. The lowest BCUT2D eigenvalue weighted by atomic mass is 9.93. The van der Waals surface area contributed by atoms with E-state index in [9.17, 15) is 9.59 Å². The largest absolute Gasteiger partial charge is 0.330 e. The van der Waals surface area contributed by atoms with Gasteiger partial charge in [-0.3, -0.25) is 9.59 Å². The second kappa shape index (κ2) is 7.64. The first-order valence-corrected chi connectivity index (χ1v) is 10.7. The standard InChI is InChI=1S/C21H23ClN2O2S/c1-14(22)21(26)24(16-7-8-16)13-19(25)23-11-9-18-17(10-12-27-18)20(23)15-5-3-2-4-6-15/h2-6,10,12,14,16,20H,7-9,11,13H2,1H3/t14-,20+/m1/s1. The summed E-state index contributed by atoms with van der Waals surface area (Å²) in [6.07, 6.45) is 2.78. The smallest absolute Gasteiger partial charge is 0.243 e. The Morgan fingerprint density at radius 1 is 1.26 bits per heavy atom. The van der Waals surface area contributed by atoms with E-state index in [4.69, 9.17) is 11.6 Å². The molecule has 0 radical (unpaired) electrons. The molecule has 1 aliphatic heterocycles. The van der Waals surface area contributed by atoms with Crippen LogP contribution in [0.15, 0.2) is 41.8 Å². The molecule has 1 aliphatic carbocycles. The van der Waals surface area contributed by atoms with Gasteiger partial charge in [-0.2, -0.15) is 0 Å². The number of benzene rings is 1. The maximum absolute atomic E-state index is 13.3. The number of amides is 2. The molecule has 2 amide bonds. The molecule has 1 saturated carbocycles. The van der Waals surface area contributed by atoms with Crippen molar-refractivity contribution in [1.82, 2.24) is 9.80 Å². The summed E-state index contributed by atoms with van der Waals surface area (Å²) < 4.78 is 0. The van der Waals surface area contributed by atoms with Gasteiger partial charge in [-0.15, -0.1) is 22.9 Å². The maximum Gasteiger partial charge on any atom is 0.243 e. The number of rotatable bonds is 5. The number of carbonyl (C=O) groups is 2. The molecule has 0 bridgehead atoms. The summed E-state index contributed by atoms with van der Waals surface area (Å²) in [4.78, 5) is 30.7. The van der Waals surface area contributed by atoms with E-state index in [0.717, 1.165) is 24.8 Å². The zero-order valence-electron chi connectivity index (χ0n) is 15.3. The van der Waals surface area contributed by atoms with Gasteiger partial charge >= 0.3 is 0 Å². The number of nitrogens with zero attached hydrogens (tertiary/aromatic N) is 2. The van der Waals surface area contributed by atoms with Crippen molar-refractivity contribution < 1.29 is 9.59 Å². The highest BCUT2D eigenvalue weighted by Gasteiger charge is 2.38. The first-order valence-electron chi connectivity index (χ1n) is 9.41. The number of fused-ring (bicyclic) bond motifs is 1. The molecule has 142 valence electrons. The van der Waals surface area contributed by atoms with E-state index in [1.165, 1.54) is 10.4 Å². The summed E-state index contributed by atoms with van der Waals surface area (Å²) in [6, 6.07) is 12.4. The molecule has 1 aromatic carbocycles. The second-order valence-corrected chi connectivity index (χ2v) is 8.92. The summed E-state index contributed by atoms with van der Waals surface area (Å²) in [5.74, 6) is -0.143. The molecule has 6 heteroatoms. The van der Waals surface area contributed by atoms with Gasteiger partial charge in [0.05, 0.1) is 6.04 Å². The Labute approximate surface area is 168 Å². The van der Waals surface area contributed by atoms with Crippen LogP contribution in [0.2, 0.25) is 0 Å². The molecule has 4 rings (SSSR count). The Hall–Kier alpha value is -1.85. The SMILES string of the molecule is C[C@@H](Cl)C(=O)N(CC(=O)N1CCc2sccc2[C@@H]1c1ccccc1)C1CC1. The van der Waals surface area contributed by atoms with Gasteiger partial charge in [0.1, 0.15) is 11.9 Å². The number of alkyl halides is 1. The van der Waals surface area contributed by atoms with E-state index in [-0.39, 0.29) is 30.4 Å². The van der Waals surface area contributed by atoms with Crippen LogP contribution in [0.3, 0.4) is 0 Å². The first-order chi connectivity index (χ1) is 13.1. The molecule has 27 heavy (non-hydrogen) atoms. The van der Waals surface area contributed by atoms with Crippen LogP contribution >= 0.6 is 22.9 Å². The Morgan fingerprint density at radius 2 is 2.00 bits per heavy atom. The van der Waals surface area contributed by atoms with Crippen molar-refractivity contribution in [3.05, 3.63) is 57.8 Å². The van der Waals surface area contributed by atoms with Crippen LogP contribution in [0.5, 0.6) is 0 Å². The van der Waals surface area contributed by atoms with E-state index in [1.54, 1.807) is 23.2 Å². The zero-order chi connectivity index (χ0) is 19.0. The Balaban J connectivity index is 1.61. The van der Waals surface area contributed by atoms with Gasteiger partial charge in [-0.1, -0.05) is 30.3 Å². The highest BCUT2D eigenvalue weighted by Crippen LogP contribution is 2.38. The predicted octanol–water partition coefficient (Wildman–Crippen LogP) is 3.84. The van der Waals surface area contributed by atoms with Crippen molar-refractivity contribution in [3.63, 3.8) is 0 Å². The van der Waals surface area contributed by atoms with E-state index in [1.807, 2.05) is 23.1 Å². The van der Waals surface area contributed by atoms with Crippen LogP contribution in [-0.2, 0) is 16.0 Å². The Kier molecular flexibility index (Phi) is 5.24. The van der Waals surface area contributed by atoms with E-state index in [0.29, 0.717) is 6.54 Å². The molecule has 0 unspecified atom stereocenters. The lowest BCUT2D eigenvalue weighted by molar-refractivity contribution is -0.141. The molecule has 0 N–H and O–H groups in total. The fraction of sp³-hybridized carbons (Fsp3) is 0.429. The number of hydrogen-bond donors (Lipinski definition) is 0. The molecular formula is C21H23ClN2O2S. The zero-order valence-corrected chi connectivity index (χ0v) is 16.9. The summed E-state index contributed by atoms with van der Waals surface area (Å²) in [5, 5.41) is 1.50. The number of hydrogen-bond acceptors (Lipinski definition) is 3. The number of thiophene rings is 1. The van der Waals surface area contributed by atoms with E-state index >= 15 is 0 Å². The van der Waals surface area contributed by atoms with Crippen molar-refractivity contribution in [2.45, 2.75) is 43.6 Å². The average molecular weight is 403 g/mol. The molecule has 2 aliphatic rings. The molecular weight excluding hydrogens is 380 g/mol. The monoisotopic (exact) mass is 402 g/mol. The van der Waals surface area contributed by atoms with Gasteiger partial charge in [0, 0.05) is 17.5 Å². The van der Waals surface area contributed by atoms with Crippen molar-refractivity contribution >= 4 is 34.8 Å². The fourth-order valence-corrected chi connectivity index (χ4v) is 4.85. The van der Waals surface area contributed by atoms with Crippen LogP contribution in [0.4, 0.5) is 0 Å². The van der Waals surface area contributed by atoms with Gasteiger partial charge in [-0.25, -0.2) is 0 Å². The van der Waals surface area contributed by atoms with Crippen LogP contribution in [-0.4, -0.2) is 46.1 Å². The molecule has 2 aromatic rings. The van der Waals surface area contributed by atoms with E-state index < -0.39 is 5.38 Å². The summed E-state index contributed by atoms with van der Waals surface area (Å²) >= 11 is 7.78. The van der Waals surface area contributed by atoms with E-state index in [2.05, 4.69) is 23.6 Å². The third-order valence-electron chi connectivity index (χ3n) is 5.32. The normalized spacial score (nSPS) is 20.1. The lowest BCUT2D eigenvalue weighted by Gasteiger charge is -2.37. The highest BCUT2D eigenvalue weighted by molar-refractivity contribution is 7.10. The average Bonchev–Trinajstić information content (AvgIpc) is 3.41. The molecule has 1 aromatic heterocycles. The maximum atomic E-state index is 13.3. The van der Waals surface area contributed by atoms with Crippen molar-refractivity contribution in [3.8, 4) is 0 Å². The minimum atomic E-state index is -0.604. The molecule has 4 nitrogen and oxygen atoms in total. The van der Waals surface area contributed by atoms with Crippen molar-refractivity contribution in [2.24, 2.45) is 0 Å². The Morgan fingerprint density at radius 3 is 2.67 bits per heavy atom. The molecule has 0 saturated heterocycles. The highest BCUT2D eigenvalue weighted by atomic mass is 35.5. The number of halogens is 1. The minimum Gasteiger partial charge on any atom is -0.330 e. The van der Waals surface area contributed by atoms with Gasteiger partial charge in [0.2, 0.25) is 11.8 Å². The van der Waals surface area contributed by atoms with Gasteiger partial charge in [-0.05, 0) is 48.8 Å². The van der Waals surface area contributed by atoms with Crippen LogP contribution in [0, 0.1) is 0 Å². The predicted molar refractivity (Wildman–Crippen MR) is 108 cm³/mol. The van der Waals surface area contributed by atoms with Gasteiger partial charge in [0.15, 0.2) is 0 Å². The molecule has 2 heterocycles. The topological polar surface area (TPSA) is 40.6 Å². The van der Waals surface area contributed by atoms with Crippen LogP contribution < -0.4 is 0 Å². The quantitative estimate of drug-likeness (QED) is 0.713. The molecule has 0 spiro atoms. The summed E-state index contributed by atoms with van der Waals surface area (Å²) in [6.45, 7) is 2.47. The van der Waals surface area contributed by atoms with Crippen LogP contribution in [0.25, 0.3) is 0 Å². The van der Waals surface area contributed by atoms with Gasteiger partial charge in [0.25, 0.3) is 0 Å². The third kappa shape index (κ3) is 3.76. The summed E-state index contributed by atoms with van der Waals surface area (Å²) in [7, 11) is 0. The van der Waals surface area contributed by atoms with Crippen molar-refractivity contribution in [2.75, 3.05) is 13.1 Å². The molecule has 1 fully saturated rings. The summed E-state index contributed by atoms with van der Waals surface area (Å²) in [5.41, 5.74) is 2.32. The van der Waals surface area contributed by atoms with Gasteiger partial charge < -0.3 is 9.80 Å². The van der Waals surface area contributed by atoms with Crippen molar-refractivity contribution in [1.29, 1.82) is 0 Å². The first kappa shape index (κ1) is 18.5. The fourth-order valence-electron chi connectivity index (χ4n) is 3.82. The molecule has 2 atom stereocenters.